The number of piperidine rings is 2. The van der Waals surface area contributed by atoms with Crippen LogP contribution < -0.4 is 16.7 Å². The molecule has 4 heterocycles. The van der Waals surface area contributed by atoms with Gasteiger partial charge in [0.05, 0.1) is 16.8 Å². The van der Waals surface area contributed by atoms with Gasteiger partial charge in [-0.15, -0.1) is 5.10 Å². The molecule has 46 heavy (non-hydrogen) atoms. The zero-order valence-corrected chi connectivity index (χ0v) is 27.0. The zero-order chi connectivity index (χ0) is 32.2. The van der Waals surface area contributed by atoms with Gasteiger partial charge in [-0.1, -0.05) is 48.0 Å². The third kappa shape index (κ3) is 7.24. The molecule has 3 fully saturated rings. The summed E-state index contributed by atoms with van der Waals surface area (Å²) in [5.74, 6) is 0.327. The number of aromatic amines is 1. The summed E-state index contributed by atoms with van der Waals surface area (Å²) in [6, 6.07) is 13.4. The fraction of sp³-hybridized carbons (Fsp3) is 0.515. The van der Waals surface area contributed by atoms with E-state index >= 15 is 0 Å². The standard InChI is InChI=1S/C33H43ClN8O4/c1-22-19-23(20-27(34)29(22)35)21-28(31(43)40-13-7-25(8-14-40)39-17-11-36-12-18-39)46-33(45)41-15-9-26(10-16-41)42-32(44)37-30(38-42)24-5-3-2-4-6-24/h2-6,19-20,25-26,28,36H,7-18,21,35H2,1H3,(H,37,38,44)/t28-/m1/s1. The first-order valence-electron chi connectivity index (χ1n) is 16.2. The molecule has 6 rings (SSSR count). The number of nitrogens with zero attached hydrogens (tertiary/aromatic N) is 5. The van der Waals surface area contributed by atoms with Gasteiger partial charge >= 0.3 is 11.8 Å². The maximum atomic E-state index is 13.9. The van der Waals surface area contributed by atoms with E-state index in [0.29, 0.717) is 61.6 Å². The predicted molar refractivity (Wildman–Crippen MR) is 177 cm³/mol. The summed E-state index contributed by atoms with van der Waals surface area (Å²) < 4.78 is 7.48. The maximum absolute atomic E-state index is 13.9. The van der Waals surface area contributed by atoms with Gasteiger partial charge in [0.15, 0.2) is 11.9 Å². The Morgan fingerprint density at radius 1 is 0.978 bits per heavy atom. The fourth-order valence-electron chi connectivity index (χ4n) is 6.84. The third-order valence-corrected chi connectivity index (χ3v) is 9.85. The SMILES string of the molecule is Cc1cc(C[C@@H](OC(=O)N2CCC(n3nc(-c4ccccc4)[nH]c3=O)CC2)C(=O)N2CCC(N3CCNCC3)CC2)cc(Cl)c1N. The van der Waals surface area contributed by atoms with Crippen molar-refractivity contribution >= 4 is 29.3 Å². The van der Waals surface area contributed by atoms with E-state index in [1.54, 1.807) is 11.0 Å². The van der Waals surface area contributed by atoms with E-state index in [1.807, 2.05) is 48.2 Å². The highest BCUT2D eigenvalue weighted by Crippen LogP contribution is 2.27. The van der Waals surface area contributed by atoms with Crippen LogP contribution in [0.5, 0.6) is 0 Å². The Kier molecular flexibility index (Phi) is 9.95. The molecule has 1 atom stereocenters. The molecule has 3 aromatic rings. The second kappa shape index (κ2) is 14.3. The topological polar surface area (TPSA) is 142 Å². The molecule has 0 radical (unpaired) electrons. The van der Waals surface area contributed by atoms with Crippen LogP contribution in [0.15, 0.2) is 47.3 Å². The fourth-order valence-corrected chi connectivity index (χ4v) is 7.13. The van der Waals surface area contributed by atoms with Gasteiger partial charge in [-0.05, 0) is 49.8 Å². The van der Waals surface area contributed by atoms with Gasteiger partial charge in [-0.3, -0.25) is 14.7 Å². The summed E-state index contributed by atoms with van der Waals surface area (Å²) in [6.45, 7) is 7.91. The molecule has 1 aromatic heterocycles. The van der Waals surface area contributed by atoms with E-state index in [1.165, 1.54) is 4.68 Å². The first-order chi connectivity index (χ1) is 22.3. The Hall–Kier alpha value is -3.87. The van der Waals surface area contributed by atoms with E-state index in [-0.39, 0.29) is 24.1 Å². The molecule has 0 aliphatic carbocycles. The number of ether oxygens (including phenoxy) is 1. The molecule has 3 aliphatic rings. The van der Waals surface area contributed by atoms with Crippen LogP contribution in [0.2, 0.25) is 5.02 Å². The molecule has 13 heteroatoms. The maximum Gasteiger partial charge on any atom is 0.410 e. The number of nitrogens with two attached hydrogens (primary N) is 1. The molecule has 0 saturated carbocycles. The number of aromatic nitrogens is 3. The van der Waals surface area contributed by atoms with Crippen molar-refractivity contribution in [2.24, 2.45) is 0 Å². The Bertz CT molecular complexity index is 1550. The van der Waals surface area contributed by atoms with Crippen LogP contribution in [0.3, 0.4) is 0 Å². The van der Waals surface area contributed by atoms with Crippen LogP contribution in [0.1, 0.15) is 42.9 Å². The number of likely N-dealkylation sites (tertiary alicyclic amines) is 2. The van der Waals surface area contributed by atoms with Gasteiger partial charge in [-0.2, -0.15) is 0 Å². The molecule has 3 saturated heterocycles. The number of amides is 2. The van der Waals surface area contributed by atoms with Crippen molar-refractivity contribution in [1.29, 1.82) is 0 Å². The Labute approximate surface area is 273 Å². The molecule has 2 amide bonds. The van der Waals surface area contributed by atoms with Gasteiger partial charge in [0.25, 0.3) is 5.91 Å². The highest BCUT2D eigenvalue weighted by atomic mass is 35.5. The number of H-pyrrole nitrogens is 1. The van der Waals surface area contributed by atoms with Crippen LogP contribution in [-0.4, -0.2) is 106 Å². The molecule has 3 aliphatic heterocycles. The van der Waals surface area contributed by atoms with Crippen molar-refractivity contribution in [3.63, 3.8) is 0 Å². The summed E-state index contributed by atoms with van der Waals surface area (Å²) >= 11 is 6.38. The van der Waals surface area contributed by atoms with Gasteiger partial charge in [0.1, 0.15) is 0 Å². The lowest BCUT2D eigenvalue weighted by atomic mass is 10.00. The largest absolute Gasteiger partial charge is 0.436 e. The molecular weight excluding hydrogens is 608 g/mol. The van der Waals surface area contributed by atoms with Gasteiger partial charge < -0.3 is 25.6 Å². The van der Waals surface area contributed by atoms with Crippen LogP contribution in [0.4, 0.5) is 10.5 Å². The minimum absolute atomic E-state index is 0.153. The molecule has 2 aromatic carbocycles. The number of benzene rings is 2. The van der Waals surface area contributed by atoms with Crippen molar-refractivity contribution in [3.8, 4) is 11.4 Å². The van der Waals surface area contributed by atoms with Gasteiger partial charge in [-0.25, -0.2) is 14.3 Å². The number of anilines is 1. The molecule has 12 nitrogen and oxygen atoms in total. The highest BCUT2D eigenvalue weighted by Gasteiger charge is 2.35. The van der Waals surface area contributed by atoms with Crippen molar-refractivity contribution in [3.05, 3.63) is 69.1 Å². The number of halogens is 1. The van der Waals surface area contributed by atoms with Crippen LogP contribution in [0.25, 0.3) is 11.4 Å². The Morgan fingerprint density at radius 3 is 2.30 bits per heavy atom. The molecule has 4 N–H and O–H groups in total. The van der Waals surface area contributed by atoms with E-state index in [0.717, 1.165) is 55.7 Å². The number of aryl methyl sites for hydroxylation is 1. The number of piperazine rings is 1. The second-order valence-corrected chi connectivity index (χ2v) is 12.9. The lowest BCUT2D eigenvalue weighted by Gasteiger charge is -2.41. The highest BCUT2D eigenvalue weighted by molar-refractivity contribution is 6.33. The number of carbonyl (C=O) groups is 2. The summed E-state index contributed by atoms with van der Waals surface area (Å²) in [5, 5.41) is 8.35. The molecule has 0 unspecified atom stereocenters. The Balaban J connectivity index is 1.11. The van der Waals surface area contributed by atoms with Crippen molar-refractivity contribution in [2.45, 2.75) is 57.2 Å². The second-order valence-electron chi connectivity index (χ2n) is 12.5. The van der Waals surface area contributed by atoms with Crippen molar-refractivity contribution in [1.82, 2.24) is 34.8 Å². The van der Waals surface area contributed by atoms with E-state index in [4.69, 9.17) is 22.1 Å². The summed E-state index contributed by atoms with van der Waals surface area (Å²) in [4.78, 5) is 49.0. The quantitative estimate of drug-likeness (QED) is 0.332. The lowest BCUT2D eigenvalue weighted by molar-refractivity contribution is -0.142. The predicted octanol–water partition coefficient (Wildman–Crippen LogP) is 3.06. The third-order valence-electron chi connectivity index (χ3n) is 9.54. The van der Waals surface area contributed by atoms with Crippen LogP contribution >= 0.6 is 11.6 Å². The number of nitrogens with one attached hydrogen (secondary N) is 2. The van der Waals surface area contributed by atoms with E-state index in [9.17, 15) is 14.4 Å². The zero-order valence-electron chi connectivity index (χ0n) is 26.3. The van der Waals surface area contributed by atoms with E-state index in [2.05, 4.69) is 20.3 Å². The Morgan fingerprint density at radius 2 is 1.63 bits per heavy atom. The molecule has 246 valence electrons. The number of carbonyl (C=O) groups excluding carboxylic acids is 2. The number of rotatable bonds is 7. The molecular formula is C33H43ClN8O4. The summed E-state index contributed by atoms with van der Waals surface area (Å²) in [6.07, 6.45) is 1.53. The summed E-state index contributed by atoms with van der Waals surface area (Å²) in [7, 11) is 0. The minimum atomic E-state index is -0.998. The number of hydrogen-bond acceptors (Lipinski definition) is 8. The van der Waals surface area contributed by atoms with Gasteiger partial charge in [0.2, 0.25) is 0 Å². The molecule has 0 spiro atoms. The number of hydrogen-bond donors (Lipinski definition) is 3. The minimum Gasteiger partial charge on any atom is -0.436 e. The normalized spacial score (nSPS) is 19.3. The first kappa shape index (κ1) is 32.1. The van der Waals surface area contributed by atoms with Crippen molar-refractivity contribution < 1.29 is 14.3 Å². The lowest BCUT2D eigenvalue weighted by Crippen LogP contribution is -2.54. The summed E-state index contributed by atoms with van der Waals surface area (Å²) in [5.41, 5.74) is 8.71. The van der Waals surface area contributed by atoms with Crippen LogP contribution in [-0.2, 0) is 16.0 Å². The average Bonchev–Trinajstić information content (AvgIpc) is 3.48. The smallest absolute Gasteiger partial charge is 0.410 e. The molecule has 0 bridgehead atoms. The monoisotopic (exact) mass is 650 g/mol. The number of nitrogen functional groups attached to an aromatic ring is 1. The van der Waals surface area contributed by atoms with Gasteiger partial charge in [0, 0.05) is 70.4 Å². The first-order valence-corrected chi connectivity index (χ1v) is 16.6. The van der Waals surface area contributed by atoms with Crippen molar-refractivity contribution in [2.75, 3.05) is 58.1 Å². The van der Waals surface area contributed by atoms with Crippen LogP contribution in [0, 0.1) is 6.92 Å². The van der Waals surface area contributed by atoms with E-state index < -0.39 is 12.2 Å². The average molecular weight is 651 g/mol.